The van der Waals surface area contributed by atoms with Crippen LogP contribution in [0.4, 0.5) is 0 Å². The second kappa shape index (κ2) is 5.11. The lowest BCUT2D eigenvalue weighted by Crippen LogP contribution is -2.11. The third kappa shape index (κ3) is 3.78. The van der Waals surface area contributed by atoms with Gasteiger partial charge in [-0.2, -0.15) is 8.42 Å². The molecule has 0 aliphatic carbocycles. The lowest BCUT2D eigenvalue weighted by molar-refractivity contribution is -0.129. The summed E-state index contributed by atoms with van der Waals surface area (Å²) in [5.41, 5.74) is -0.216. The van der Waals surface area contributed by atoms with E-state index in [0.717, 1.165) is 0 Å². The smallest absolute Gasteiger partial charge is 0.343 e. The van der Waals surface area contributed by atoms with Crippen LogP contribution in [-0.2, 0) is 15.1 Å². The quantitative estimate of drug-likeness (QED) is 0.330. The molecule has 0 aliphatic rings. The number of ether oxygens (including phenoxy) is 1. The maximum atomic E-state index is 11.2. The zero-order valence-electron chi connectivity index (χ0n) is 7.71. The summed E-state index contributed by atoms with van der Waals surface area (Å²) in [5.74, 6) is -0.445. The first-order chi connectivity index (χ1) is 7.09. The van der Waals surface area contributed by atoms with Crippen LogP contribution in [0.15, 0.2) is 42.5 Å². The SMILES string of the molecule is C=C(C=S(=O)=O)C(=O)Oc1ccccc1. The van der Waals surface area contributed by atoms with Crippen LogP contribution in [0.25, 0.3) is 0 Å². The van der Waals surface area contributed by atoms with Gasteiger partial charge in [0.1, 0.15) is 5.75 Å². The second-order valence-corrected chi connectivity index (χ2v) is 3.36. The molecule has 0 aliphatic heterocycles. The van der Waals surface area contributed by atoms with Crippen LogP contribution in [0.1, 0.15) is 0 Å². The van der Waals surface area contributed by atoms with Gasteiger partial charge in [-0.25, -0.2) is 4.79 Å². The van der Waals surface area contributed by atoms with E-state index in [4.69, 9.17) is 4.74 Å². The Balaban J connectivity index is 2.73. The van der Waals surface area contributed by atoms with Gasteiger partial charge in [0.15, 0.2) is 0 Å². The van der Waals surface area contributed by atoms with Crippen LogP contribution >= 0.6 is 0 Å². The highest BCUT2D eigenvalue weighted by Crippen LogP contribution is 2.09. The van der Waals surface area contributed by atoms with Gasteiger partial charge >= 0.3 is 5.97 Å². The molecule has 1 aromatic carbocycles. The molecule has 0 saturated heterocycles. The average molecular weight is 224 g/mol. The Kier molecular flexibility index (Phi) is 3.82. The molecule has 4 nitrogen and oxygen atoms in total. The first-order valence-corrected chi connectivity index (χ1v) is 5.12. The van der Waals surface area contributed by atoms with Crippen molar-refractivity contribution in [3.63, 3.8) is 0 Å². The normalized spacial score (nSPS) is 9.07. The van der Waals surface area contributed by atoms with Crippen molar-refractivity contribution in [1.82, 2.24) is 0 Å². The van der Waals surface area contributed by atoms with Crippen molar-refractivity contribution >= 4 is 21.6 Å². The van der Waals surface area contributed by atoms with E-state index in [0.29, 0.717) is 11.1 Å². The predicted molar refractivity (Wildman–Crippen MR) is 56.2 cm³/mol. The van der Waals surface area contributed by atoms with Crippen molar-refractivity contribution in [1.29, 1.82) is 0 Å². The van der Waals surface area contributed by atoms with E-state index < -0.39 is 16.3 Å². The Morgan fingerprint density at radius 2 is 1.87 bits per heavy atom. The number of para-hydroxylation sites is 1. The van der Waals surface area contributed by atoms with Gasteiger partial charge in [-0.1, -0.05) is 24.8 Å². The van der Waals surface area contributed by atoms with Gasteiger partial charge < -0.3 is 4.74 Å². The van der Waals surface area contributed by atoms with Gasteiger partial charge in [-0.05, 0) is 12.1 Å². The topological polar surface area (TPSA) is 60.4 Å². The molecular weight excluding hydrogens is 216 g/mol. The summed E-state index contributed by atoms with van der Waals surface area (Å²) < 4.78 is 25.3. The van der Waals surface area contributed by atoms with Crippen LogP contribution in [0.3, 0.4) is 0 Å². The summed E-state index contributed by atoms with van der Waals surface area (Å²) in [6.07, 6.45) is 0. The van der Waals surface area contributed by atoms with Crippen molar-refractivity contribution < 1.29 is 17.9 Å². The summed E-state index contributed by atoms with van der Waals surface area (Å²) in [7, 11) is -2.45. The molecule has 0 radical (unpaired) electrons. The van der Waals surface area contributed by atoms with Crippen molar-refractivity contribution in [2.24, 2.45) is 0 Å². The third-order valence-corrected chi connectivity index (χ3v) is 1.93. The van der Waals surface area contributed by atoms with Crippen molar-refractivity contribution in [2.75, 3.05) is 0 Å². The first kappa shape index (κ1) is 11.2. The van der Waals surface area contributed by atoms with Crippen LogP contribution in [-0.4, -0.2) is 19.8 Å². The molecule has 0 atom stereocenters. The maximum Gasteiger partial charge on any atom is 0.343 e. The summed E-state index contributed by atoms with van der Waals surface area (Å²) in [6.45, 7) is 3.27. The first-order valence-electron chi connectivity index (χ1n) is 3.98. The van der Waals surface area contributed by atoms with E-state index in [1.54, 1.807) is 30.3 Å². The summed E-state index contributed by atoms with van der Waals surface area (Å²) in [5, 5.41) is 0.700. The molecule has 1 rings (SSSR count). The van der Waals surface area contributed by atoms with E-state index >= 15 is 0 Å². The molecule has 0 spiro atoms. The minimum absolute atomic E-state index is 0.216. The Morgan fingerprint density at radius 3 is 2.40 bits per heavy atom. The zero-order valence-corrected chi connectivity index (χ0v) is 8.53. The number of carbonyl (C=O) groups excluding carboxylic acids is 1. The maximum absolute atomic E-state index is 11.2. The minimum atomic E-state index is -2.45. The van der Waals surface area contributed by atoms with E-state index in [1.165, 1.54) is 0 Å². The van der Waals surface area contributed by atoms with Crippen LogP contribution in [0.2, 0.25) is 0 Å². The van der Waals surface area contributed by atoms with Crippen LogP contribution in [0.5, 0.6) is 5.75 Å². The molecule has 1 aromatic rings. The molecule has 0 aromatic heterocycles. The largest absolute Gasteiger partial charge is 0.423 e. The minimum Gasteiger partial charge on any atom is -0.423 e. The van der Waals surface area contributed by atoms with Crippen molar-refractivity contribution in [2.45, 2.75) is 0 Å². The number of benzene rings is 1. The van der Waals surface area contributed by atoms with E-state index in [-0.39, 0.29) is 5.57 Å². The predicted octanol–water partition coefficient (Wildman–Crippen LogP) is 0.830. The van der Waals surface area contributed by atoms with E-state index in [2.05, 4.69) is 6.58 Å². The van der Waals surface area contributed by atoms with Gasteiger partial charge in [-0.3, -0.25) is 0 Å². The van der Waals surface area contributed by atoms with Gasteiger partial charge in [0.05, 0.1) is 10.9 Å². The molecule has 0 heterocycles. The third-order valence-electron chi connectivity index (χ3n) is 1.45. The molecule has 0 unspecified atom stereocenters. The van der Waals surface area contributed by atoms with Gasteiger partial charge in [0.25, 0.3) is 0 Å². The molecule has 5 heteroatoms. The highest BCUT2D eigenvalue weighted by molar-refractivity contribution is 7.71. The second-order valence-electron chi connectivity index (χ2n) is 2.61. The fourth-order valence-electron chi connectivity index (χ4n) is 0.825. The van der Waals surface area contributed by atoms with Crippen LogP contribution < -0.4 is 4.74 Å². The number of rotatable bonds is 3. The van der Waals surface area contributed by atoms with Crippen molar-refractivity contribution in [3.8, 4) is 5.75 Å². The van der Waals surface area contributed by atoms with E-state index in [1.807, 2.05) is 0 Å². The number of hydrogen-bond donors (Lipinski definition) is 0. The van der Waals surface area contributed by atoms with Crippen LogP contribution in [0, 0.1) is 0 Å². The molecule has 0 N–H and O–H groups in total. The molecule has 78 valence electrons. The van der Waals surface area contributed by atoms with Crippen molar-refractivity contribution in [3.05, 3.63) is 42.5 Å². The Morgan fingerprint density at radius 1 is 1.27 bits per heavy atom. The molecular formula is C10H8O4S. The monoisotopic (exact) mass is 224 g/mol. The molecule has 0 amide bonds. The Hall–Kier alpha value is -1.88. The lowest BCUT2D eigenvalue weighted by Gasteiger charge is -2.01. The lowest BCUT2D eigenvalue weighted by atomic mass is 10.3. The Labute approximate surface area is 88.3 Å². The van der Waals surface area contributed by atoms with Gasteiger partial charge in [-0.15, -0.1) is 0 Å². The Bertz CT molecular complexity index is 491. The zero-order chi connectivity index (χ0) is 11.3. The highest BCUT2D eigenvalue weighted by atomic mass is 32.2. The summed E-state index contributed by atoms with van der Waals surface area (Å²) in [6, 6.07) is 8.32. The molecule has 0 bridgehead atoms. The molecule has 0 saturated carbocycles. The highest BCUT2D eigenvalue weighted by Gasteiger charge is 2.07. The van der Waals surface area contributed by atoms with E-state index in [9.17, 15) is 13.2 Å². The average Bonchev–Trinajstić information content (AvgIpc) is 2.18. The number of carbonyl (C=O) groups is 1. The number of esters is 1. The summed E-state index contributed by atoms with van der Waals surface area (Å²) >= 11 is 0. The molecule has 0 fully saturated rings. The standard InChI is InChI=1S/C10H8O4S/c1-8(7-15(12)13)10(11)14-9-5-3-2-4-6-9/h2-7H,1H2. The molecule has 15 heavy (non-hydrogen) atoms. The summed E-state index contributed by atoms with van der Waals surface area (Å²) in [4.78, 5) is 11.2. The number of hydrogen-bond acceptors (Lipinski definition) is 4. The van der Waals surface area contributed by atoms with Gasteiger partial charge in [0.2, 0.25) is 10.3 Å². The van der Waals surface area contributed by atoms with Gasteiger partial charge in [0, 0.05) is 0 Å². The fraction of sp³-hybridized carbons (Fsp3) is 0. The fourth-order valence-corrected chi connectivity index (χ4v) is 1.15.